The zero-order valence-electron chi connectivity index (χ0n) is 14.8. The van der Waals surface area contributed by atoms with Crippen molar-refractivity contribution < 1.29 is 28.6 Å². The number of likely N-dealkylation sites (tertiary alicyclic amines) is 1. The fourth-order valence-corrected chi connectivity index (χ4v) is 2.80. The first-order valence-corrected chi connectivity index (χ1v) is 7.80. The summed E-state index contributed by atoms with van der Waals surface area (Å²) in [5, 5.41) is 0. The third-order valence-electron chi connectivity index (χ3n) is 4.15. The van der Waals surface area contributed by atoms with Crippen LogP contribution in [0.1, 0.15) is 19.8 Å². The monoisotopic (exact) mass is 350 g/mol. The van der Waals surface area contributed by atoms with Crippen LogP contribution in [0.15, 0.2) is 18.2 Å². The summed E-state index contributed by atoms with van der Waals surface area (Å²) in [7, 11) is 4.28. The van der Waals surface area contributed by atoms with E-state index in [1.54, 1.807) is 18.2 Å². The number of carbonyl (C=O) groups is 3. The van der Waals surface area contributed by atoms with Gasteiger partial charge in [0.15, 0.2) is 0 Å². The Morgan fingerprint density at radius 2 is 1.96 bits per heavy atom. The highest BCUT2D eigenvalue weighted by molar-refractivity contribution is 5.95. The van der Waals surface area contributed by atoms with E-state index in [0.717, 1.165) is 0 Å². The molecule has 0 aliphatic carbocycles. The first-order chi connectivity index (χ1) is 11.9. The number of ether oxygens (including phenoxy) is 3. The predicted molar refractivity (Wildman–Crippen MR) is 89.5 cm³/mol. The molecule has 1 aromatic rings. The van der Waals surface area contributed by atoms with Crippen molar-refractivity contribution >= 4 is 23.5 Å². The molecular weight excluding hydrogens is 328 g/mol. The molecule has 136 valence electrons. The van der Waals surface area contributed by atoms with E-state index >= 15 is 0 Å². The summed E-state index contributed by atoms with van der Waals surface area (Å²) in [5.74, 6) is 0.00178. The van der Waals surface area contributed by atoms with Crippen LogP contribution < -0.4 is 14.4 Å². The number of benzene rings is 1. The van der Waals surface area contributed by atoms with Gasteiger partial charge in [-0.1, -0.05) is 0 Å². The third-order valence-corrected chi connectivity index (χ3v) is 4.15. The molecule has 0 saturated carbocycles. The first-order valence-electron chi connectivity index (χ1n) is 7.80. The van der Waals surface area contributed by atoms with Crippen LogP contribution in [0.3, 0.4) is 0 Å². The fraction of sp³-hybridized carbons (Fsp3) is 0.471. The quantitative estimate of drug-likeness (QED) is 0.716. The smallest absolute Gasteiger partial charge is 0.328 e. The summed E-state index contributed by atoms with van der Waals surface area (Å²) >= 11 is 0. The van der Waals surface area contributed by atoms with E-state index in [2.05, 4.69) is 0 Å². The molecule has 8 heteroatoms. The summed E-state index contributed by atoms with van der Waals surface area (Å²) in [6, 6.07) is 4.33. The molecule has 8 nitrogen and oxygen atoms in total. The maximum atomic E-state index is 12.2. The van der Waals surface area contributed by atoms with Gasteiger partial charge in [0.2, 0.25) is 11.8 Å². The molecule has 25 heavy (non-hydrogen) atoms. The summed E-state index contributed by atoms with van der Waals surface area (Å²) in [6.45, 7) is 1.31. The van der Waals surface area contributed by atoms with Gasteiger partial charge in [0.25, 0.3) is 0 Å². The second-order valence-corrected chi connectivity index (χ2v) is 5.57. The minimum Gasteiger partial charge on any atom is -0.497 e. The Bertz CT molecular complexity index is 675. The van der Waals surface area contributed by atoms with Crippen LogP contribution in [0.5, 0.6) is 11.5 Å². The maximum Gasteiger partial charge on any atom is 0.328 e. The molecule has 1 aliphatic heterocycles. The van der Waals surface area contributed by atoms with Crippen molar-refractivity contribution in [2.75, 3.05) is 32.9 Å². The molecule has 1 saturated heterocycles. The van der Waals surface area contributed by atoms with Crippen LogP contribution in [0.4, 0.5) is 5.69 Å². The average molecular weight is 350 g/mol. The molecule has 1 atom stereocenters. The highest BCUT2D eigenvalue weighted by Crippen LogP contribution is 2.33. The minimum absolute atomic E-state index is 0.0720. The van der Waals surface area contributed by atoms with Gasteiger partial charge in [0, 0.05) is 19.4 Å². The molecule has 0 bridgehead atoms. The molecule has 0 N–H and O–H groups in total. The number of amides is 2. The lowest BCUT2D eigenvalue weighted by Crippen LogP contribution is -2.47. The van der Waals surface area contributed by atoms with E-state index in [1.807, 2.05) is 0 Å². The second-order valence-electron chi connectivity index (χ2n) is 5.57. The molecule has 2 rings (SSSR count). The third kappa shape index (κ3) is 3.84. The number of esters is 1. The molecule has 0 unspecified atom stereocenters. The standard InChI is InChI=1S/C17H22N2O6/c1-11(20)18(14-9-12(23-2)5-7-15(14)24-3)10-19-13(17(22)25-4)6-8-16(19)21/h5,7,9,13H,6,8,10H2,1-4H3/t13-/m1/s1. The van der Waals surface area contributed by atoms with Gasteiger partial charge >= 0.3 is 5.97 Å². The van der Waals surface area contributed by atoms with Gasteiger partial charge < -0.3 is 19.1 Å². The fourth-order valence-electron chi connectivity index (χ4n) is 2.80. The molecule has 2 amide bonds. The van der Waals surface area contributed by atoms with Gasteiger partial charge in [0.05, 0.1) is 27.0 Å². The first kappa shape index (κ1) is 18.6. The Morgan fingerprint density at radius 1 is 1.24 bits per heavy atom. The van der Waals surface area contributed by atoms with E-state index in [4.69, 9.17) is 14.2 Å². The van der Waals surface area contributed by atoms with Gasteiger partial charge in [-0.3, -0.25) is 14.5 Å². The number of anilines is 1. The van der Waals surface area contributed by atoms with Crippen LogP contribution in [0.2, 0.25) is 0 Å². The summed E-state index contributed by atoms with van der Waals surface area (Å²) in [6.07, 6.45) is 0.604. The number of nitrogens with zero attached hydrogens (tertiary/aromatic N) is 2. The van der Waals surface area contributed by atoms with E-state index < -0.39 is 12.0 Å². The number of rotatable bonds is 6. The molecule has 0 aromatic heterocycles. The van der Waals surface area contributed by atoms with Gasteiger partial charge in [-0.05, 0) is 18.6 Å². The summed E-state index contributed by atoms with van der Waals surface area (Å²) in [4.78, 5) is 39.1. The van der Waals surface area contributed by atoms with Crippen LogP contribution in [-0.4, -0.2) is 56.7 Å². The van der Waals surface area contributed by atoms with Crippen LogP contribution in [0, 0.1) is 0 Å². The minimum atomic E-state index is -0.698. The maximum absolute atomic E-state index is 12.2. The molecule has 0 radical (unpaired) electrons. The Labute approximate surface area is 146 Å². The lowest BCUT2D eigenvalue weighted by Gasteiger charge is -2.31. The molecule has 0 spiro atoms. The van der Waals surface area contributed by atoms with E-state index in [1.165, 1.54) is 38.1 Å². The van der Waals surface area contributed by atoms with Crippen LogP contribution >= 0.6 is 0 Å². The SMILES string of the molecule is COC(=O)[C@H]1CCC(=O)N1CN(C(C)=O)c1cc(OC)ccc1OC. The van der Waals surface area contributed by atoms with Gasteiger partial charge in [0.1, 0.15) is 24.2 Å². The topological polar surface area (TPSA) is 85.4 Å². The zero-order chi connectivity index (χ0) is 18.6. The second kappa shape index (κ2) is 7.87. The largest absolute Gasteiger partial charge is 0.497 e. The van der Waals surface area contributed by atoms with Crippen molar-refractivity contribution in [1.29, 1.82) is 0 Å². The normalized spacial score (nSPS) is 16.6. The number of hydrogen-bond donors (Lipinski definition) is 0. The molecule has 1 fully saturated rings. The van der Waals surface area contributed by atoms with E-state index in [9.17, 15) is 14.4 Å². The molecule has 1 aromatic carbocycles. The Kier molecular flexibility index (Phi) is 5.84. The summed E-state index contributed by atoms with van der Waals surface area (Å²) < 4.78 is 15.3. The van der Waals surface area contributed by atoms with Crippen molar-refractivity contribution in [3.05, 3.63) is 18.2 Å². The highest BCUT2D eigenvalue weighted by atomic mass is 16.5. The number of hydrogen-bond acceptors (Lipinski definition) is 6. The lowest BCUT2D eigenvalue weighted by atomic mass is 10.2. The molecular formula is C17H22N2O6. The predicted octanol–water partition coefficient (Wildman–Crippen LogP) is 1.18. The van der Waals surface area contributed by atoms with Crippen molar-refractivity contribution in [2.45, 2.75) is 25.8 Å². The molecule has 1 aliphatic rings. The number of methoxy groups -OCH3 is 3. The average Bonchev–Trinajstić information content (AvgIpc) is 2.98. The lowest BCUT2D eigenvalue weighted by molar-refractivity contribution is -0.149. The molecule has 1 heterocycles. The Morgan fingerprint density at radius 3 is 2.52 bits per heavy atom. The van der Waals surface area contributed by atoms with E-state index in [0.29, 0.717) is 23.6 Å². The van der Waals surface area contributed by atoms with E-state index in [-0.39, 0.29) is 24.9 Å². The highest BCUT2D eigenvalue weighted by Gasteiger charge is 2.38. The zero-order valence-corrected chi connectivity index (χ0v) is 14.8. The van der Waals surface area contributed by atoms with Crippen molar-refractivity contribution in [2.24, 2.45) is 0 Å². The number of carbonyl (C=O) groups excluding carboxylic acids is 3. The van der Waals surface area contributed by atoms with Crippen molar-refractivity contribution in [3.63, 3.8) is 0 Å². The van der Waals surface area contributed by atoms with Crippen molar-refractivity contribution in [1.82, 2.24) is 4.90 Å². The Hall–Kier alpha value is -2.77. The van der Waals surface area contributed by atoms with Crippen LogP contribution in [0.25, 0.3) is 0 Å². The summed E-state index contributed by atoms with van der Waals surface area (Å²) in [5.41, 5.74) is 0.456. The van der Waals surface area contributed by atoms with Gasteiger partial charge in [-0.15, -0.1) is 0 Å². The van der Waals surface area contributed by atoms with Gasteiger partial charge in [-0.2, -0.15) is 0 Å². The van der Waals surface area contributed by atoms with Crippen molar-refractivity contribution in [3.8, 4) is 11.5 Å². The van der Waals surface area contributed by atoms with Crippen LogP contribution in [-0.2, 0) is 19.1 Å². The van der Waals surface area contributed by atoms with Gasteiger partial charge in [-0.25, -0.2) is 4.79 Å². The Balaban J connectivity index is 2.37.